The number of nitrogens with one attached hydrogen (secondary N) is 2. The van der Waals surface area contributed by atoms with Gasteiger partial charge in [0.2, 0.25) is 0 Å². The number of hydrogen-bond donors (Lipinski definition) is 2. The van der Waals surface area contributed by atoms with Crippen LogP contribution in [0.5, 0.6) is 0 Å². The maximum Gasteiger partial charge on any atom is 0.251 e. The minimum absolute atomic E-state index is 0.111. The molecule has 2 heterocycles. The van der Waals surface area contributed by atoms with Crippen LogP contribution in [0.15, 0.2) is 33.3 Å². The van der Waals surface area contributed by atoms with E-state index in [-0.39, 0.29) is 5.56 Å². The summed E-state index contributed by atoms with van der Waals surface area (Å²) >= 11 is 1.40. The highest BCUT2D eigenvalue weighted by Crippen LogP contribution is 2.25. The Kier molecular flexibility index (Phi) is 5.52. The van der Waals surface area contributed by atoms with Crippen molar-refractivity contribution >= 4 is 11.8 Å². The van der Waals surface area contributed by atoms with Crippen molar-refractivity contribution in [3.05, 3.63) is 45.5 Å². The van der Waals surface area contributed by atoms with Crippen LogP contribution in [0, 0.1) is 6.92 Å². The van der Waals surface area contributed by atoms with Crippen molar-refractivity contribution in [1.82, 2.24) is 20.3 Å². The van der Waals surface area contributed by atoms with Crippen LogP contribution in [-0.2, 0) is 13.0 Å². The smallest absolute Gasteiger partial charge is 0.251 e. The van der Waals surface area contributed by atoms with Crippen LogP contribution in [0.2, 0.25) is 0 Å². The van der Waals surface area contributed by atoms with E-state index in [0.717, 1.165) is 41.2 Å². The van der Waals surface area contributed by atoms with Gasteiger partial charge in [0, 0.05) is 24.5 Å². The monoisotopic (exact) mass is 304 g/mol. The summed E-state index contributed by atoms with van der Waals surface area (Å²) in [6.45, 7) is 4.88. The van der Waals surface area contributed by atoms with Crippen LogP contribution in [0.1, 0.15) is 30.2 Å². The van der Waals surface area contributed by atoms with Crippen LogP contribution in [0.4, 0.5) is 0 Å². The van der Waals surface area contributed by atoms with Gasteiger partial charge < -0.3 is 10.3 Å². The van der Waals surface area contributed by atoms with Crippen LogP contribution < -0.4 is 10.9 Å². The van der Waals surface area contributed by atoms with E-state index in [4.69, 9.17) is 0 Å². The molecule has 2 N–H and O–H groups in total. The van der Waals surface area contributed by atoms with Gasteiger partial charge >= 0.3 is 0 Å². The maximum atomic E-state index is 11.7. The Bertz CT molecular complexity index is 669. The van der Waals surface area contributed by atoms with Gasteiger partial charge in [-0.15, -0.1) is 0 Å². The number of hydrogen-bond acceptors (Lipinski definition) is 5. The van der Waals surface area contributed by atoms with Crippen molar-refractivity contribution in [3.8, 4) is 0 Å². The fourth-order valence-electron chi connectivity index (χ4n) is 2.04. The Morgan fingerprint density at radius 3 is 2.86 bits per heavy atom. The van der Waals surface area contributed by atoms with Crippen molar-refractivity contribution in [2.24, 2.45) is 0 Å². The quantitative estimate of drug-likeness (QED) is 0.801. The summed E-state index contributed by atoms with van der Waals surface area (Å²) in [6, 6.07) is 3.66. The van der Waals surface area contributed by atoms with Crippen molar-refractivity contribution < 1.29 is 0 Å². The minimum Gasteiger partial charge on any atom is -0.316 e. The Morgan fingerprint density at radius 1 is 1.38 bits per heavy atom. The molecule has 6 heteroatoms. The molecule has 0 spiro atoms. The number of rotatable bonds is 6. The largest absolute Gasteiger partial charge is 0.316 e. The Morgan fingerprint density at radius 2 is 2.19 bits per heavy atom. The topological polar surface area (TPSA) is 70.7 Å². The fraction of sp³-hybridized carbons (Fsp3) is 0.400. The zero-order valence-electron chi connectivity index (χ0n) is 12.6. The Balaban J connectivity index is 2.23. The lowest BCUT2D eigenvalue weighted by molar-refractivity contribution is 0.803. The molecule has 0 aromatic carbocycles. The van der Waals surface area contributed by atoms with Crippen molar-refractivity contribution in [1.29, 1.82) is 0 Å². The lowest BCUT2D eigenvalue weighted by Crippen LogP contribution is -2.10. The molecule has 2 aromatic heterocycles. The molecule has 0 fully saturated rings. The SMILES string of the molecule is CCCc1cc(=O)[nH]c(Sc2ncc(CNC)cc2C)n1. The summed E-state index contributed by atoms with van der Waals surface area (Å²) in [7, 11) is 1.91. The van der Waals surface area contributed by atoms with Crippen LogP contribution >= 0.6 is 11.8 Å². The molecule has 0 aliphatic rings. The first-order valence-electron chi connectivity index (χ1n) is 7.00. The van der Waals surface area contributed by atoms with Crippen molar-refractivity contribution in [2.45, 2.75) is 43.4 Å². The van der Waals surface area contributed by atoms with Gasteiger partial charge in [0.15, 0.2) is 5.16 Å². The summed E-state index contributed by atoms with van der Waals surface area (Å²) < 4.78 is 0. The van der Waals surface area contributed by atoms with E-state index in [1.54, 1.807) is 6.07 Å². The summed E-state index contributed by atoms with van der Waals surface area (Å²) in [5.74, 6) is 0. The molecule has 21 heavy (non-hydrogen) atoms. The van der Waals surface area contributed by atoms with Gasteiger partial charge in [0.1, 0.15) is 5.03 Å². The molecule has 0 saturated carbocycles. The highest BCUT2D eigenvalue weighted by molar-refractivity contribution is 7.99. The molecule has 0 unspecified atom stereocenters. The highest BCUT2D eigenvalue weighted by Gasteiger charge is 2.07. The molecule has 0 atom stereocenters. The Labute approximate surface area is 128 Å². The molecule has 2 rings (SSSR count). The van der Waals surface area contributed by atoms with E-state index in [1.165, 1.54) is 11.8 Å². The molecular formula is C15H20N4OS. The minimum atomic E-state index is -0.111. The molecular weight excluding hydrogens is 284 g/mol. The number of nitrogens with zero attached hydrogens (tertiary/aromatic N) is 2. The standard InChI is InChI=1S/C15H20N4OS/c1-4-5-12-7-13(20)19-15(18-12)21-14-10(2)6-11(8-16-3)9-17-14/h6-7,9,16H,4-5,8H2,1-3H3,(H,18,19,20). The predicted octanol–water partition coefficient (Wildman–Crippen LogP) is 2.30. The average molecular weight is 304 g/mol. The molecule has 0 aliphatic carbocycles. The second-order valence-corrected chi connectivity index (χ2v) is 5.87. The fourth-order valence-corrected chi connectivity index (χ4v) is 2.86. The number of aromatic amines is 1. The number of H-pyrrole nitrogens is 1. The average Bonchev–Trinajstić information content (AvgIpc) is 2.42. The molecule has 0 aliphatic heterocycles. The number of aromatic nitrogens is 3. The first-order chi connectivity index (χ1) is 10.1. The van der Waals surface area contributed by atoms with Gasteiger partial charge in [-0.3, -0.25) is 4.79 Å². The molecule has 0 amide bonds. The van der Waals surface area contributed by atoms with E-state index in [0.29, 0.717) is 5.16 Å². The van der Waals surface area contributed by atoms with Crippen LogP contribution in [-0.4, -0.2) is 22.0 Å². The molecule has 0 saturated heterocycles. The third kappa shape index (κ3) is 4.41. The van der Waals surface area contributed by atoms with E-state index in [9.17, 15) is 4.79 Å². The van der Waals surface area contributed by atoms with E-state index in [2.05, 4.69) is 33.3 Å². The number of pyridine rings is 1. The van der Waals surface area contributed by atoms with Gasteiger partial charge in [0.05, 0.1) is 0 Å². The van der Waals surface area contributed by atoms with Gasteiger partial charge in [-0.1, -0.05) is 19.4 Å². The lowest BCUT2D eigenvalue weighted by atomic mass is 10.2. The van der Waals surface area contributed by atoms with Crippen LogP contribution in [0.25, 0.3) is 0 Å². The predicted molar refractivity (Wildman–Crippen MR) is 84.7 cm³/mol. The van der Waals surface area contributed by atoms with E-state index >= 15 is 0 Å². The number of aryl methyl sites for hydroxylation is 2. The van der Waals surface area contributed by atoms with Gasteiger partial charge in [-0.2, -0.15) is 0 Å². The lowest BCUT2D eigenvalue weighted by Gasteiger charge is -2.07. The maximum absolute atomic E-state index is 11.7. The third-order valence-electron chi connectivity index (χ3n) is 2.94. The first-order valence-corrected chi connectivity index (χ1v) is 7.82. The third-order valence-corrected chi connectivity index (χ3v) is 3.95. The van der Waals surface area contributed by atoms with Gasteiger partial charge in [-0.25, -0.2) is 9.97 Å². The van der Waals surface area contributed by atoms with E-state index < -0.39 is 0 Å². The highest BCUT2D eigenvalue weighted by atomic mass is 32.2. The summed E-state index contributed by atoms with van der Waals surface area (Å²) in [5.41, 5.74) is 2.94. The zero-order valence-corrected chi connectivity index (χ0v) is 13.4. The molecule has 5 nitrogen and oxygen atoms in total. The second-order valence-electron chi connectivity index (χ2n) is 4.89. The molecule has 112 valence electrons. The molecule has 0 radical (unpaired) electrons. The van der Waals surface area contributed by atoms with Crippen molar-refractivity contribution in [3.63, 3.8) is 0 Å². The normalized spacial score (nSPS) is 10.8. The summed E-state index contributed by atoms with van der Waals surface area (Å²) in [5, 5.41) is 4.57. The first kappa shape index (κ1) is 15.7. The van der Waals surface area contributed by atoms with Crippen molar-refractivity contribution in [2.75, 3.05) is 7.05 Å². The summed E-state index contributed by atoms with van der Waals surface area (Å²) in [4.78, 5) is 23.4. The Hall–Kier alpha value is -1.66. The van der Waals surface area contributed by atoms with Crippen LogP contribution in [0.3, 0.4) is 0 Å². The van der Waals surface area contributed by atoms with Gasteiger partial charge in [0.25, 0.3) is 5.56 Å². The second kappa shape index (κ2) is 7.38. The van der Waals surface area contributed by atoms with E-state index in [1.807, 2.05) is 20.2 Å². The summed E-state index contributed by atoms with van der Waals surface area (Å²) in [6.07, 6.45) is 3.63. The zero-order chi connectivity index (χ0) is 15.2. The molecule has 2 aromatic rings. The van der Waals surface area contributed by atoms with Gasteiger partial charge in [-0.05, 0) is 43.3 Å². The molecule has 0 bridgehead atoms.